The lowest BCUT2D eigenvalue weighted by molar-refractivity contribution is -0.0191. The highest BCUT2D eigenvalue weighted by atomic mass is 79.9. The van der Waals surface area contributed by atoms with Crippen molar-refractivity contribution >= 4 is 21.6 Å². The number of ether oxygens (including phenoxy) is 2. The van der Waals surface area contributed by atoms with E-state index < -0.39 is 0 Å². The number of hydrazone groups is 1. The summed E-state index contributed by atoms with van der Waals surface area (Å²) in [5.74, 6) is 1.40. The Balaban J connectivity index is 1.58. The van der Waals surface area contributed by atoms with Crippen LogP contribution < -0.4 is 9.47 Å². The molecular weight excluding hydrogens is 435 g/mol. The molecule has 4 nitrogen and oxygen atoms in total. The van der Waals surface area contributed by atoms with Crippen molar-refractivity contribution in [1.29, 1.82) is 0 Å². The summed E-state index contributed by atoms with van der Waals surface area (Å²) in [4.78, 5) is 0. The third-order valence-electron chi connectivity index (χ3n) is 5.33. The van der Waals surface area contributed by atoms with Crippen molar-refractivity contribution in [3.05, 3.63) is 93.7 Å². The first-order chi connectivity index (χ1) is 14.1. The van der Waals surface area contributed by atoms with Crippen LogP contribution in [0.15, 0.2) is 76.3 Å². The average molecular weight is 453 g/mol. The van der Waals surface area contributed by atoms with E-state index in [1.165, 1.54) is 12.1 Å². The molecule has 0 aliphatic carbocycles. The molecular formula is C23H18BrFN2O2. The van der Waals surface area contributed by atoms with Crippen LogP contribution in [-0.4, -0.2) is 17.8 Å². The van der Waals surface area contributed by atoms with Crippen molar-refractivity contribution in [3.63, 3.8) is 0 Å². The summed E-state index contributed by atoms with van der Waals surface area (Å²) in [7, 11) is 1.65. The lowest BCUT2D eigenvalue weighted by atomic mass is 9.96. The first-order valence-corrected chi connectivity index (χ1v) is 10.1. The van der Waals surface area contributed by atoms with Crippen molar-refractivity contribution in [1.82, 2.24) is 5.01 Å². The smallest absolute Gasteiger partial charge is 0.213 e. The highest BCUT2D eigenvalue weighted by molar-refractivity contribution is 9.10. The Morgan fingerprint density at radius 2 is 1.83 bits per heavy atom. The summed E-state index contributed by atoms with van der Waals surface area (Å²) in [5.41, 5.74) is 3.93. The molecule has 2 aliphatic rings. The fourth-order valence-corrected chi connectivity index (χ4v) is 4.24. The van der Waals surface area contributed by atoms with E-state index in [0.717, 1.165) is 44.8 Å². The maximum absolute atomic E-state index is 13.4. The normalized spacial score (nSPS) is 19.8. The van der Waals surface area contributed by atoms with Crippen LogP contribution >= 0.6 is 15.9 Å². The molecule has 0 radical (unpaired) electrons. The molecule has 0 saturated heterocycles. The van der Waals surface area contributed by atoms with Gasteiger partial charge < -0.3 is 9.47 Å². The van der Waals surface area contributed by atoms with E-state index in [-0.39, 0.29) is 18.1 Å². The van der Waals surface area contributed by atoms with Crippen molar-refractivity contribution in [2.24, 2.45) is 5.10 Å². The van der Waals surface area contributed by atoms with E-state index in [4.69, 9.17) is 14.6 Å². The van der Waals surface area contributed by atoms with Gasteiger partial charge in [0.2, 0.25) is 6.23 Å². The van der Waals surface area contributed by atoms with Crippen LogP contribution in [-0.2, 0) is 0 Å². The third-order valence-corrected chi connectivity index (χ3v) is 5.82. The Bertz CT molecular complexity index is 1080. The SMILES string of the molecule is COc1ccc([C@H]2Oc3ccc(Br)cc3[C@@H]3CC(c4ccc(F)cc4)=NN23)cc1. The van der Waals surface area contributed by atoms with Gasteiger partial charge in [0.1, 0.15) is 17.3 Å². The van der Waals surface area contributed by atoms with Crippen LogP contribution in [0.1, 0.15) is 35.4 Å². The molecule has 0 spiro atoms. The molecule has 2 heterocycles. The van der Waals surface area contributed by atoms with Gasteiger partial charge in [0.25, 0.3) is 0 Å². The topological polar surface area (TPSA) is 34.1 Å². The van der Waals surface area contributed by atoms with Gasteiger partial charge in [-0.1, -0.05) is 28.1 Å². The summed E-state index contributed by atoms with van der Waals surface area (Å²) < 4.78 is 26.0. The second kappa shape index (κ2) is 7.19. The molecule has 3 aromatic rings. The van der Waals surface area contributed by atoms with Crippen LogP contribution in [0.3, 0.4) is 0 Å². The number of hydrogen-bond acceptors (Lipinski definition) is 4. The standard InChI is InChI=1S/C23H18BrFN2O2/c1-28-18-9-4-15(5-10-18)23-27-21(19-12-16(24)6-11-22(19)29-23)13-20(26-27)14-2-7-17(25)8-3-14/h2-12,21,23H,13H2,1H3/t21-,23+/m0/s1. The Morgan fingerprint density at radius 1 is 1.07 bits per heavy atom. The fourth-order valence-electron chi connectivity index (χ4n) is 3.86. The molecule has 2 atom stereocenters. The second-order valence-electron chi connectivity index (χ2n) is 7.08. The van der Waals surface area contributed by atoms with E-state index in [9.17, 15) is 4.39 Å². The highest BCUT2D eigenvalue weighted by Crippen LogP contribution is 2.48. The molecule has 6 heteroatoms. The van der Waals surface area contributed by atoms with E-state index >= 15 is 0 Å². The number of halogens is 2. The van der Waals surface area contributed by atoms with Gasteiger partial charge in [0, 0.05) is 22.0 Å². The molecule has 5 rings (SSSR count). The van der Waals surface area contributed by atoms with Crippen molar-refractivity contribution in [3.8, 4) is 11.5 Å². The zero-order valence-electron chi connectivity index (χ0n) is 15.7. The molecule has 2 aliphatic heterocycles. The number of hydrogen-bond donors (Lipinski definition) is 0. The Morgan fingerprint density at radius 3 is 2.55 bits per heavy atom. The van der Waals surface area contributed by atoms with Crippen LogP contribution in [0, 0.1) is 5.82 Å². The molecule has 0 amide bonds. The largest absolute Gasteiger partial charge is 0.497 e. The zero-order valence-corrected chi connectivity index (χ0v) is 17.3. The molecule has 0 unspecified atom stereocenters. The summed E-state index contributed by atoms with van der Waals surface area (Å²) in [6.07, 6.45) is 0.378. The lowest BCUT2D eigenvalue weighted by Crippen LogP contribution is -2.33. The maximum Gasteiger partial charge on any atom is 0.213 e. The third kappa shape index (κ3) is 3.27. The Kier molecular flexibility index (Phi) is 4.51. The molecule has 29 heavy (non-hydrogen) atoms. The predicted octanol–water partition coefficient (Wildman–Crippen LogP) is 5.84. The number of nitrogens with zero attached hydrogens (tertiary/aromatic N) is 2. The van der Waals surface area contributed by atoms with Gasteiger partial charge in [0.15, 0.2) is 0 Å². The lowest BCUT2D eigenvalue weighted by Gasteiger charge is -2.38. The number of methoxy groups -OCH3 is 1. The van der Waals surface area contributed by atoms with Gasteiger partial charge in [-0.2, -0.15) is 5.10 Å². The van der Waals surface area contributed by atoms with E-state index in [1.54, 1.807) is 19.2 Å². The quantitative estimate of drug-likeness (QED) is 0.500. The number of benzene rings is 3. The van der Waals surface area contributed by atoms with Crippen molar-refractivity contribution in [2.75, 3.05) is 7.11 Å². The molecule has 3 aromatic carbocycles. The van der Waals surface area contributed by atoms with Crippen LogP contribution in [0.4, 0.5) is 4.39 Å². The fraction of sp³-hybridized carbons (Fsp3) is 0.174. The zero-order chi connectivity index (χ0) is 20.0. The first kappa shape index (κ1) is 18.2. The summed E-state index contributed by atoms with van der Waals surface area (Å²) >= 11 is 3.56. The van der Waals surface area contributed by atoms with Gasteiger partial charge in [-0.15, -0.1) is 0 Å². The molecule has 0 saturated carbocycles. The maximum atomic E-state index is 13.4. The van der Waals surface area contributed by atoms with Gasteiger partial charge in [0.05, 0.1) is 18.9 Å². The summed E-state index contributed by atoms with van der Waals surface area (Å²) in [5, 5.41) is 6.90. The minimum Gasteiger partial charge on any atom is -0.497 e. The van der Waals surface area contributed by atoms with Crippen molar-refractivity contribution < 1.29 is 13.9 Å². The van der Waals surface area contributed by atoms with Gasteiger partial charge in [-0.3, -0.25) is 0 Å². The first-order valence-electron chi connectivity index (χ1n) is 9.34. The van der Waals surface area contributed by atoms with Crippen molar-refractivity contribution in [2.45, 2.75) is 18.7 Å². The molecule has 0 aromatic heterocycles. The minimum absolute atomic E-state index is 0.0448. The van der Waals surface area contributed by atoms with Gasteiger partial charge >= 0.3 is 0 Å². The Labute approximate surface area is 176 Å². The molecule has 146 valence electrons. The summed E-state index contributed by atoms with van der Waals surface area (Å²) in [6.45, 7) is 0. The summed E-state index contributed by atoms with van der Waals surface area (Å²) in [6, 6.07) is 20.4. The number of fused-ring (bicyclic) bond motifs is 3. The predicted molar refractivity (Wildman–Crippen MR) is 113 cm³/mol. The average Bonchev–Trinajstić information content (AvgIpc) is 3.20. The van der Waals surface area contributed by atoms with Gasteiger partial charge in [-0.05, 0) is 60.2 Å². The van der Waals surface area contributed by atoms with E-state index in [1.807, 2.05) is 41.4 Å². The second-order valence-corrected chi connectivity index (χ2v) is 7.99. The molecule has 0 N–H and O–H groups in total. The number of rotatable bonds is 3. The minimum atomic E-state index is -0.350. The Hall–Kier alpha value is -2.86. The highest BCUT2D eigenvalue weighted by Gasteiger charge is 2.41. The molecule has 0 bridgehead atoms. The van der Waals surface area contributed by atoms with Crippen LogP contribution in [0.5, 0.6) is 11.5 Å². The molecule has 0 fully saturated rings. The van der Waals surface area contributed by atoms with Crippen LogP contribution in [0.2, 0.25) is 0 Å². The van der Waals surface area contributed by atoms with Crippen LogP contribution in [0.25, 0.3) is 0 Å². The van der Waals surface area contributed by atoms with E-state index in [2.05, 4.69) is 22.0 Å². The van der Waals surface area contributed by atoms with E-state index in [0.29, 0.717) is 0 Å². The van der Waals surface area contributed by atoms with Gasteiger partial charge in [-0.25, -0.2) is 9.40 Å². The monoisotopic (exact) mass is 452 g/mol.